The summed E-state index contributed by atoms with van der Waals surface area (Å²) in [6, 6.07) is 90.7. The molecule has 9 rings (SSSR count). The van der Waals surface area contributed by atoms with Crippen molar-refractivity contribution in [2.75, 3.05) is 0 Å². The molecule has 0 saturated carbocycles. The van der Waals surface area contributed by atoms with E-state index in [1.54, 1.807) is 0 Å². The summed E-state index contributed by atoms with van der Waals surface area (Å²) >= 11 is -7.67. The van der Waals surface area contributed by atoms with Crippen LogP contribution in [0.1, 0.15) is 0 Å². The van der Waals surface area contributed by atoms with E-state index in [1.165, 1.54) is 0 Å². The van der Waals surface area contributed by atoms with Gasteiger partial charge >= 0.3 is 363 Å². The summed E-state index contributed by atoms with van der Waals surface area (Å²) in [5.74, 6) is 0. The molecule has 9 aromatic rings. The van der Waals surface area contributed by atoms with Crippen molar-refractivity contribution in [2.45, 2.75) is 0 Å². The molecule has 0 N–H and O–H groups in total. The van der Waals surface area contributed by atoms with E-state index in [9.17, 15) is 0 Å². The molecule has 0 heterocycles. The number of benzene rings is 9. The second kappa shape index (κ2) is 16.7. The molecule has 61 heavy (non-hydrogen) atoms. The molecule has 0 aliphatic rings. The van der Waals surface area contributed by atoms with E-state index >= 15 is 7.35 Å². The summed E-state index contributed by atoms with van der Waals surface area (Å²) in [5, 5.41) is 7.04. The van der Waals surface area contributed by atoms with Crippen LogP contribution in [0.15, 0.2) is 273 Å². The van der Waals surface area contributed by atoms with Gasteiger partial charge in [0.05, 0.1) is 0 Å². The molecule has 0 aliphatic carbocycles. The van der Waals surface area contributed by atoms with Gasteiger partial charge in [0.15, 0.2) is 0 Å². The van der Waals surface area contributed by atoms with E-state index < -0.39 is 33.0 Å². The third-order valence-electron chi connectivity index (χ3n) is 12.2. The van der Waals surface area contributed by atoms with E-state index in [4.69, 9.17) is 3.35 Å². The monoisotopic (exact) mass is 876 g/mol. The van der Waals surface area contributed by atoms with Crippen molar-refractivity contribution in [2.24, 2.45) is 0 Å². The van der Waals surface area contributed by atoms with Gasteiger partial charge in [0.1, 0.15) is 0 Å². The predicted octanol–water partition coefficient (Wildman–Crippen LogP) is 6.30. The zero-order chi connectivity index (χ0) is 41.7. The Bertz CT molecular complexity index is 2540. The fourth-order valence-corrected chi connectivity index (χ4v) is 69.8. The SMILES string of the molecule is [O]=[V](=[O])([O][Si](c1ccccc1)(c1ccccc1)c1ccccc1)([Si](c1ccccc1)(c1ccccc1)c1ccccc1)[Si](c1ccccc1)(c1ccccc1)c1ccccc1. The predicted molar refractivity (Wildman–Crippen MR) is 254 cm³/mol. The Morgan fingerprint density at radius 3 is 0.541 bits per heavy atom. The second-order valence-electron chi connectivity index (χ2n) is 15.4. The van der Waals surface area contributed by atoms with E-state index in [0.29, 0.717) is 0 Å². The van der Waals surface area contributed by atoms with Crippen LogP contribution in [-0.4, -0.2) is 21.2 Å². The molecule has 0 fully saturated rings. The van der Waals surface area contributed by atoms with Gasteiger partial charge in [0.25, 0.3) is 0 Å². The molecule has 0 aromatic heterocycles. The van der Waals surface area contributed by atoms with Gasteiger partial charge in [0.2, 0.25) is 0 Å². The van der Waals surface area contributed by atoms with E-state index in [0.717, 1.165) is 46.7 Å². The first-order valence-corrected chi connectivity index (χ1v) is 32.3. The van der Waals surface area contributed by atoms with Crippen LogP contribution >= 0.6 is 0 Å². The summed E-state index contributed by atoms with van der Waals surface area (Å²) in [4.78, 5) is 0. The average molecular weight is 877 g/mol. The van der Waals surface area contributed by atoms with Crippen LogP contribution in [0, 0.1) is 0 Å². The fourth-order valence-electron chi connectivity index (χ4n) is 9.73. The molecule has 0 atom stereocenters. The topological polar surface area (TPSA) is 43.4 Å². The normalized spacial score (nSPS) is 12.4. The van der Waals surface area contributed by atoms with Crippen LogP contribution in [0.3, 0.4) is 0 Å². The van der Waals surface area contributed by atoms with Crippen LogP contribution in [0.5, 0.6) is 0 Å². The average Bonchev–Trinajstić information content (AvgIpc) is 3.34. The van der Waals surface area contributed by atoms with Crippen molar-refractivity contribution in [1.82, 2.24) is 0 Å². The van der Waals surface area contributed by atoms with Crippen molar-refractivity contribution in [3.8, 4) is 0 Å². The first kappa shape index (κ1) is 40.2. The molecule has 0 spiro atoms. The minimum atomic E-state index is -7.67. The second-order valence-corrected chi connectivity index (χ2v) is 43.1. The van der Waals surface area contributed by atoms with Gasteiger partial charge in [-0.25, -0.2) is 0 Å². The fraction of sp³-hybridized carbons (Fsp3) is 0. The Balaban J connectivity index is 1.64. The summed E-state index contributed by atoms with van der Waals surface area (Å²) < 4.78 is 48.2. The van der Waals surface area contributed by atoms with Gasteiger partial charge in [-0.3, -0.25) is 0 Å². The first-order chi connectivity index (χ1) is 30.0. The van der Waals surface area contributed by atoms with Crippen molar-refractivity contribution in [3.63, 3.8) is 0 Å². The summed E-state index contributed by atoms with van der Waals surface area (Å²) in [7, 11) is -4.12. The Morgan fingerprint density at radius 1 is 0.230 bits per heavy atom. The van der Waals surface area contributed by atoms with Crippen molar-refractivity contribution >= 4 is 67.9 Å². The van der Waals surface area contributed by atoms with Crippen LogP contribution in [0.4, 0.5) is 0 Å². The van der Waals surface area contributed by atoms with Gasteiger partial charge in [0, 0.05) is 0 Å². The molecule has 3 nitrogen and oxygen atoms in total. The van der Waals surface area contributed by atoms with Crippen molar-refractivity contribution < 1.29 is 22.5 Å². The third kappa shape index (κ3) is 6.34. The van der Waals surface area contributed by atoms with Gasteiger partial charge < -0.3 is 0 Å². The molecule has 7 heteroatoms. The maximum atomic E-state index is 19.8. The standard InChI is InChI=1S/C18H15OSi.2C18H15Si.2O.V/c19-20(16-10-4-1-5-11-16,17-12-6-2-7-13-17)18-14-8-3-9-15-18;2*1-4-10-16(11-5-1)19(17-12-6-2-7-13-17)18-14-8-3-9-15-18;;;/h1-15H;2*1-15H;;;/q-1;;;;;+1. The summed E-state index contributed by atoms with van der Waals surface area (Å²) in [6.07, 6.45) is -9.10. The zero-order valence-electron chi connectivity index (χ0n) is 33.7. The molecule has 0 aliphatic heterocycles. The summed E-state index contributed by atoms with van der Waals surface area (Å²) in [5.41, 5.74) is 0. The molecular weight excluding hydrogens is 832 g/mol. The van der Waals surface area contributed by atoms with Gasteiger partial charge in [-0.2, -0.15) is 0 Å². The zero-order valence-corrected chi connectivity index (χ0v) is 38.0. The Kier molecular flexibility index (Phi) is 11.0. The minimum absolute atomic E-state index is 0.750. The van der Waals surface area contributed by atoms with Gasteiger partial charge in [-0.15, -0.1) is 0 Å². The Hall–Kier alpha value is -6.22. The quantitative estimate of drug-likeness (QED) is 0.101. The molecule has 0 saturated heterocycles. The molecule has 0 bridgehead atoms. The maximum absolute atomic E-state index is 19.8. The Labute approximate surface area is 361 Å². The Morgan fingerprint density at radius 2 is 0.377 bits per heavy atom. The molecule has 0 unspecified atom stereocenters. The number of hydrogen-bond donors (Lipinski definition) is 0. The molecule has 0 amide bonds. The molecule has 9 aromatic carbocycles. The molecule has 296 valence electrons. The van der Waals surface area contributed by atoms with Gasteiger partial charge in [-0.05, 0) is 0 Å². The van der Waals surface area contributed by atoms with E-state index in [-0.39, 0.29) is 0 Å². The van der Waals surface area contributed by atoms with Crippen molar-refractivity contribution in [1.29, 1.82) is 0 Å². The number of hydrogen-bond acceptors (Lipinski definition) is 3. The van der Waals surface area contributed by atoms with E-state index in [2.05, 4.69) is 36.4 Å². The third-order valence-corrected chi connectivity index (χ3v) is 57.0. The van der Waals surface area contributed by atoms with Crippen LogP contribution in [-0.2, 0) is 22.5 Å². The molecule has 0 radical (unpaired) electrons. The summed E-state index contributed by atoms with van der Waals surface area (Å²) in [6.45, 7) is 0. The number of rotatable bonds is 13. The molecular formula is C54H45O3Si3V. The van der Waals surface area contributed by atoms with Crippen LogP contribution in [0.2, 0.25) is 0 Å². The van der Waals surface area contributed by atoms with Crippen molar-refractivity contribution in [3.05, 3.63) is 273 Å². The van der Waals surface area contributed by atoms with E-state index in [1.807, 2.05) is 237 Å². The van der Waals surface area contributed by atoms with Crippen LogP contribution in [0.25, 0.3) is 0 Å². The van der Waals surface area contributed by atoms with Crippen LogP contribution < -0.4 is 46.7 Å². The first-order valence-electron chi connectivity index (χ1n) is 20.6. The van der Waals surface area contributed by atoms with Gasteiger partial charge in [-0.1, -0.05) is 0 Å².